The van der Waals surface area contributed by atoms with Crippen molar-refractivity contribution < 1.29 is 19.1 Å². The number of esters is 2. The predicted octanol–water partition coefficient (Wildman–Crippen LogP) is 7.63. The van der Waals surface area contributed by atoms with Crippen molar-refractivity contribution in [3.05, 3.63) is 0 Å². The molecule has 0 radical (unpaired) electrons. The van der Waals surface area contributed by atoms with E-state index < -0.39 is 0 Å². The molecular weight excluding hydrogens is 388 g/mol. The molecule has 1 aliphatic rings. The van der Waals surface area contributed by atoms with Crippen LogP contribution in [0, 0.1) is 17.8 Å². The number of ether oxygens (including phenoxy) is 2. The van der Waals surface area contributed by atoms with E-state index in [1.807, 2.05) is 0 Å². The normalized spacial score (nSPS) is 21.1. The van der Waals surface area contributed by atoms with E-state index in [4.69, 9.17) is 9.47 Å². The molecule has 1 saturated carbocycles. The van der Waals surface area contributed by atoms with Crippen molar-refractivity contribution in [2.75, 3.05) is 13.2 Å². The molecule has 1 fully saturated rings. The maximum atomic E-state index is 12.8. The summed E-state index contributed by atoms with van der Waals surface area (Å²) in [5.74, 6) is -0.840. The molecule has 0 spiro atoms. The van der Waals surface area contributed by atoms with Gasteiger partial charge in [-0.25, -0.2) is 0 Å². The smallest absolute Gasteiger partial charge is 0.310 e. The molecule has 3 atom stereocenters. The quantitative estimate of drug-likeness (QED) is 0.163. The Morgan fingerprint density at radius 2 is 1.10 bits per heavy atom. The summed E-state index contributed by atoms with van der Waals surface area (Å²) in [4.78, 5) is 25.5. The lowest BCUT2D eigenvalue weighted by Crippen LogP contribution is -2.39. The van der Waals surface area contributed by atoms with E-state index in [-0.39, 0.29) is 29.7 Å². The number of rotatable bonds is 18. The fraction of sp³-hybridized carbons (Fsp3) is 0.926. The van der Waals surface area contributed by atoms with E-state index in [0.717, 1.165) is 44.9 Å². The lowest BCUT2D eigenvalue weighted by molar-refractivity contribution is -0.165. The van der Waals surface area contributed by atoms with Gasteiger partial charge in [0, 0.05) is 0 Å². The minimum Gasteiger partial charge on any atom is -0.465 e. The molecule has 1 aliphatic carbocycles. The van der Waals surface area contributed by atoms with Gasteiger partial charge in [-0.3, -0.25) is 9.59 Å². The van der Waals surface area contributed by atoms with E-state index in [1.54, 1.807) is 0 Å². The van der Waals surface area contributed by atoms with Crippen LogP contribution in [0.3, 0.4) is 0 Å². The van der Waals surface area contributed by atoms with Crippen LogP contribution in [0.15, 0.2) is 0 Å². The van der Waals surface area contributed by atoms with Gasteiger partial charge in [0.15, 0.2) is 0 Å². The highest BCUT2D eigenvalue weighted by molar-refractivity contribution is 5.82. The van der Waals surface area contributed by atoms with Crippen LogP contribution >= 0.6 is 0 Å². The zero-order valence-electron chi connectivity index (χ0n) is 20.8. The van der Waals surface area contributed by atoms with Gasteiger partial charge in [0.25, 0.3) is 0 Å². The van der Waals surface area contributed by atoms with Crippen LogP contribution in [0.4, 0.5) is 0 Å². The van der Waals surface area contributed by atoms with Crippen LogP contribution in [0.1, 0.15) is 130 Å². The van der Waals surface area contributed by atoms with E-state index in [9.17, 15) is 9.59 Å². The van der Waals surface area contributed by atoms with Crippen molar-refractivity contribution in [2.24, 2.45) is 17.8 Å². The topological polar surface area (TPSA) is 52.6 Å². The first-order valence-corrected chi connectivity index (χ1v) is 13.4. The maximum absolute atomic E-state index is 12.8. The molecule has 3 unspecified atom stereocenters. The second-order valence-electron chi connectivity index (χ2n) is 9.62. The standard InChI is InChI=1S/C27H50O4/c1-4-6-8-10-12-14-16-21-30-26(28)24-20-18-19-23(3)25(24)27(29)31-22-17-15-13-11-9-7-5-2/h23-25H,4-22H2,1-3H3. The van der Waals surface area contributed by atoms with Crippen molar-refractivity contribution in [2.45, 2.75) is 130 Å². The summed E-state index contributed by atoms with van der Waals surface area (Å²) in [5, 5.41) is 0. The zero-order valence-corrected chi connectivity index (χ0v) is 20.8. The zero-order chi connectivity index (χ0) is 22.7. The Bertz CT molecular complexity index is 462. The van der Waals surface area contributed by atoms with Crippen molar-refractivity contribution in [3.63, 3.8) is 0 Å². The second kappa shape index (κ2) is 18.5. The van der Waals surface area contributed by atoms with E-state index in [0.29, 0.717) is 13.2 Å². The first kappa shape index (κ1) is 28.0. The van der Waals surface area contributed by atoms with Crippen LogP contribution in [0.5, 0.6) is 0 Å². The van der Waals surface area contributed by atoms with E-state index in [2.05, 4.69) is 20.8 Å². The maximum Gasteiger partial charge on any atom is 0.310 e. The summed E-state index contributed by atoms with van der Waals surface area (Å²) in [6, 6.07) is 0. The van der Waals surface area contributed by atoms with E-state index >= 15 is 0 Å². The molecule has 1 rings (SSSR count). The Morgan fingerprint density at radius 1 is 0.645 bits per heavy atom. The summed E-state index contributed by atoms with van der Waals surface area (Å²) in [5.41, 5.74) is 0. The van der Waals surface area contributed by atoms with Crippen LogP contribution < -0.4 is 0 Å². The number of hydrogen-bond acceptors (Lipinski definition) is 4. The molecule has 0 bridgehead atoms. The first-order chi connectivity index (χ1) is 15.1. The second-order valence-corrected chi connectivity index (χ2v) is 9.62. The molecule has 0 N–H and O–H groups in total. The Labute approximate surface area is 192 Å². The molecule has 0 aromatic rings. The van der Waals surface area contributed by atoms with Crippen molar-refractivity contribution >= 4 is 11.9 Å². The Balaban J connectivity index is 2.28. The molecule has 0 aromatic heterocycles. The minimum atomic E-state index is -0.333. The molecule has 0 saturated heterocycles. The van der Waals surface area contributed by atoms with Gasteiger partial charge in [0.2, 0.25) is 0 Å². The van der Waals surface area contributed by atoms with Gasteiger partial charge in [0.05, 0.1) is 25.0 Å². The summed E-state index contributed by atoms with van der Waals surface area (Å²) >= 11 is 0. The van der Waals surface area contributed by atoms with Crippen LogP contribution in [0.25, 0.3) is 0 Å². The molecule has 182 valence electrons. The minimum absolute atomic E-state index is 0.184. The molecular formula is C27H50O4. The first-order valence-electron chi connectivity index (χ1n) is 13.4. The summed E-state index contributed by atoms with van der Waals surface area (Å²) < 4.78 is 11.2. The molecule has 31 heavy (non-hydrogen) atoms. The summed E-state index contributed by atoms with van der Waals surface area (Å²) in [6.45, 7) is 7.50. The Kier molecular flexibility index (Phi) is 16.7. The average molecular weight is 439 g/mol. The van der Waals surface area contributed by atoms with Crippen LogP contribution in [0.2, 0.25) is 0 Å². The lowest BCUT2D eigenvalue weighted by Gasteiger charge is -2.33. The fourth-order valence-electron chi connectivity index (χ4n) is 4.74. The molecule has 0 aliphatic heterocycles. The van der Waals surface area contributed by atoms with Crippen molar-refractivity contribution in [1.29, 1.82) is 0 Å². The van der Waals surface area contributed by atoms with Crippen LogP contribution in [-0.2, 0) is 19.1 Å². The van der Waals surface area contributed by atoms with Gasteiger partial charge in [-0.2, -0.15) is 0 Å². The number of carbonyl (C=O) groups is 2. The van der Waals surface area contributed by atoms with Gasteiger partial charge in [-0.1, -0.05) is 104 Å². The average Bonchev–Trinajstić information content (AvgIpc) is 2.76. The van der Waals surface area contributed by atoms with Crippen LogP contribution in [-0.4, -0.2) is 25.2 Å². The number of unbranched alkanes of at least 4 members (excludes halogenated alkanes) is 12. The third kappa shape index (κ3) is 12.5. The Hall–Kier alpha value is -1.06. The highest BCUT2D eigenvalue weighted by Gasteiger charge is 2.41. The van der Waals surface area contributed by atoms with Gasteiger partial charge in [-0.15, -0.1) is 0 Å². The monoisotopic (exact) mass is 438 g/mol. The number of carbonyl (C=O) groups excluding carboxylic acids is 2. The summed E-state index contributed by atoms with van der Waals surface area (Å²) in [6.07, 6.45) is 19.5. The van der Waals surface area contributed by atoms with E-state index in [1.165, 1.54) is 64.2 Å². The van der Waals surface area contributed by atoms with Gasteiger partial charge in [-0.05, 0) is 31.6 Å². The summed E-state index contributed by atoms with van der Waals surface area (Å²) in [7, 11) is 0. The highest BCUT2D eigenvalue weighted by atomic mass is 16.5. The molecule has 0 heterocycles. The highest BCUT2D eigenvalue weighted by Crippen LogP contribution is 2.36. The lowest BCUT2D eigenvalue weighted by atomic mass is 9.73. The molecule has 4 nitrogen and oxygen atoms in total. The van der Waals surface area contributed by atoms with Gasteiger partial charge < -0.3 is 9.47 Å². The molecule has 0 amide bonds. The third-order valence-electron chi connectivity index (χ3n) is 6.78. The SMILES string of the molecule is CCCCCCCCCOC(=O)C1CCCC(C)C1C(=O)OCCCCCCCCC. The van der Waals surface area contributed by atoms with Gasteiger partial charge >= 0.3 is 11.9 Å². The predicted molar refractivity (Wildman–Crippen MR) is 128 cm³/mol. The van der Waals surface area contributed by atoms with Crippen molar-refractivity contribution in [1.82, 2.24) is 0 Å². The number of hydrogen-bond donors (Lipinski definition) is 0. The largest absolute Gasteiger partial charge is 0.465 e. The Morgan fingerprint density at radius 3 is 1.61 bits per heavy atom. The molecule has 4 heteroatoms. The van der Waals surface area contributed by atoms with Crippen molar-refractivity contribution in [3.8, 4) is 0 Å². The fourth-order valence-corrected chi connectivity index (χ4v) is 4.74. The van der Waals surface area contributed by atoms with Gasteiger partial charge in [0.1, 0.15) is 0 Å². The third-order valence-corrected chi connectivity index (χ3v) is 6.78. The molecule has 0 aromatic carbocycles.